The maximum Gasteiger partial charge on any atom is 0.308 e. The lowest BCUT2D eigenvalue weighted by Gasteiger charge is -2.02. The molecule has 20 heavy (non-hydrogen) atoms. The average molecular weight is 275 g/mol. The predicted octanol–water partition coefficient (Wildman–Crippen LogP) is 2.14. The van der Waals surface area contributed by atoms with Crippen LogP contribution in [0.25, 0.3) is 11.3 Å². The van der Waals surface area contributed by atoms with Crippen molar-refractivity contribution in [3.05, 3.63) is 56.9 Å². The number of benzene rings is 1. The number of ether oxygens (including phenoxy) is 1. The summed E-state index contributed by atoms with van der Waals surface area (Å²) in [7, 11) is 0. The zero-order valence-electron chi connectivity index (χ0n) is 10.4. The summed E-state index contributed by atoms with van der Waals surface area (Å²) in [6.07, 6.45) is 0.998. The standard InChI is InChI=1S/C13H9NO6/c1-8(15)20-13-7-19-12(6-11(13)16)9-3-2-4-10(5-9)14(17)18/h2-7H,1H3. The minimum absolute atomic E-state index is 0.116. The van der Waals surface area contributed by atoms with Crippen molar-refractivity contribution in [1.29, 1.82) is 0 Å². The molecule has 0 atom stereocenters. The summed E-state index contributed by atoms with van der Waals surface area (Å²) in [4.78, 5) is 32.6. The Morgan fingerprint density at radius 3 is 2.70 bits per heavy atom. The molecule has 1 aromatic heterocycles. The Balaban J connectivity index is 2.41. The Morgan fingerprint density at radius 2 is 2.10 bits per heavy atom. The lowest BCUT2D eigenvalue weighted by molar-refractivity contribution is -0.384. The first-order chi connectivity index (χ1) is 9.47. The van der Waals surface area contributed by atoms with E-state index in [2.05, 4.69) is 4.74 Å². The zero-order valence-corrected chi connectivity index (χ0v) is 10.4. The molecule has 0 fully saturated rings. The molecule has 1 aromatic carbocycles. The van der Waals surface area contributed by atoms with Crippen LogP contribution in [-0.4, -0.2) is 10.9 Å². The number of nitrogens with zero attached hydrogens (tertiary/aromatic N) is 1. The van der Waals surface area contributed by atoms with Crippen molar-refractivity contribution < 1.29 is 18.9 Å². The third-order valence-corrected chi connectivity index (χ3v) is 2.39. The van der Waals surface area contributed by atoms with Gasteiger partial charge >= 0.3 is 5.97 Å². The number of non-ortho nitro benzene ring substituents is 1. The number of rotatable bonds is 3. The third kappa shape index (κ3) is 2.89. The molecule has 0 N–H and O–H groups in total. The van der Waals surface area contributed by atoms with Gasteiger partial charge in [0, 0.05) is 30.7 Å². The van der Waals surface area contributed by atoms with E-state index in [-0.39, 0.29) is 17.2 Å². The van der Waals surface area contributed by atoms with E-state index in [4.69, 9.17) is 4.42 Å². The maximum atomic E-state index is 11.7. The molecule has 0 unspecified atom stereocenters. The Kier molecular flexibility index (Phi) is 3.60. The first-order valence-electron chi connectivity index (χ1n) is 5.53. The fraction of sp³-hybridized carbons (Fsp3) is 0.0769. The number of nitro groups is 1. The Bertz CT molecular complexity index is 734. The summed E-state index contributed by atoms with van der Waals surface area (Å²) in [5.74, 6) is -0.721. The van der Waals surface area contributed by atoms with Gasteiger partial charge in [0.2, 0.25) is 11.2 Å². The number of carbonyl (C=O) groups is 1. The average Bonchev–Trinajstić information content (AvgIpc) is 2.40. The molecule has 2 rings (SSSR count). The van der Waals surface area contributed by atoms with Crippen LogP contribution in [0.4, 0.5) is 5.69 Å². The second-order valence-corrected chi connectivity index (χ2v) is 3.87. The van der Waals surface area contributed by atoms with Gasteiger partial charge in [0.25, 0.3) is 5.69 Å². The first-order valence-corrected chi connectivity index (χ1v) is 5.53. The van der Waals surface area contributed by atoms with Gasteiger partial charge < -0.3 is 9.15 Å². The Morgan fingerprint density at radius 1 is 1.35 bits per heavy atom. The largest absolute Gasteiger partial charge is 0.460 e. The summed E-state index contributed by atoms with van der Waals surface area (Å²) >= 11 is 0. The summed E-state index contributed by atoms with van der Waals surface area (Å²) in [5.41, 5.74) is -0.284. The van der Waals surface area contributed by atoms with Crippen molar-refractivity contribution in [2.24, 2.45) is 0 Å². The van der Waals surface area contributed by atoms with E-state index in [9.17, 15) is 19.7 Å². The monoisotopic (exact) mass is 275 g/mol. The number of carbonyl (C=O) groups excluding carboxylic acids is 1. The van der Waals surface area contributed by atoms with Crippen LogP contribution in [0.1, 0.15) is 6.92 Å². The minimum Gasteiger partial charge on any atom is -0.460 e. The third-order valence-electron chi connectivity index (χ3n) is 2.39. The van der Waals surface area contributed by atoms with Crippen molar-refractivity contribution in [2.75, 3.05) is 0 Å². The molecule has 102 valence electrons. The van der Waals surface area contributed by atoms with E-state index in [1.54, 1.807) is 6.07 Å². The van der Waals surface area contributed by atoms with Gasteiger partial charge in [0.05, 0.1) is 4.92 Å². The van der Waals surface area contributed by atoms with Gasteiger partial charge in [-0.25, -0.2) is 0 Å². The lowest BCUT2D eigenvalue weighted by Crippen LogP contribution is -2.10. The molecular weight excluding hydrogens is 266 g/mol. The van der Waals surface area contributed by atoms with Gasteiger partial charge in [0.1, 0.15) is 12.0 Å². The van der Waals surface area contributed by atoms with Gasteiger partial charge in [-0.2, -0.15) is 0 Å². The first kappa shape index (κ1) is 13.5. The molecule has 0 bridgehead atoms. The van der Waals surface area contributed by atoms with Gasteiger partial charge in [-0.15, -0.1) is 0 Å². The van der Waals surface area contributed by atoms with Gasteiger partial charge in [-0.3, -0.25) is 19.7 Å². The van der Waals surface area contributed by atoms with Gasteiger partial charge in [-0.05, 0) is 0 Å². The molecule has 0 aliphatic heterocycles. The molecule has 0 radical (unpaired) electrons. The normalized spacial score (nSPS) is 10.1. The number of hydrogen-bond acceptors (Lipinski definition) is 6. The summed E-state index contributed by atoms with van der Waals surface area (Å²) in [6, 6.07) is 6.76. The van der Waals surface area contributed by atoms with E-state index in [0.717, 1.165) is 19.3 Å². The Labute approximate surface area is 112 Å². The van der Waals surface area contributed by atoms with Crippen LogP contribution in [0.15, 0.2) is 45.8 Å². The number of esters is 1. The molecule has 7 heteroatoms. The Hall–Kier alpha value is -2.96. The van der Waals surface area contributed by atoms with Crippen molar-refractivity contribution >= 4 is 11.7 Å². The summed E-state index contributed by atoms with van der Waals surface area (Å²) in [5, 5.41) is 10.7. The molecule has 0 saturated heterocycles. The molecule has 7 nitrogen and oxygen atoms in total. The number of nitro benzene ring substituents is 1. The smallest absolute Gasteiger partial charge is 0.308 e. The predicted molar refractivity (Wildman–Crippen MR) is 68.4 cm³/mol. The topological polar surface area (TPSA) is 99.7 Å². The second kappa shape index (κ2) is 5.35. The molecule has 2 aromatic rings. The van der Waals surface area contributed by atoms with Crippen LogP contribution < -0.4 is 10.2 Å². The van der Waals surface area contributed by atoms with Crippen molar-refractivity contribution in [3.63, 3.8) is 0 Å². The fourth-order valence-electron chi connectivity index (χ4n) is 1.55. The fourth-order valence-corrected chi connectivity index (χ4v) is 1.55. The molecule has 0 amide bonds. The highest BCUT2D eigenvalue weighted by Crippen LogP contribution is 2.23. The van der Waals surface area contributed by atoms with Crippen molar-refractivity contribution in [2.45, 2.75) is 6.92 Å². The molecule has 0 saturated carbocycles. The van der Waals surface area contributed by atoms with Crippen LogP contribution >= 0.6 is 0 Å². The van der Waals surface area contributed by atoms with E-state index in [0.29, 0.717) is 5.56 Å². The molecule has 1 heterocycles. The van der Waals surface area contributed by atoms with Crippen LogP contribution in [-0.2, 0) is 4.79 Å². The van der Waals surface area contributed by atoms with E-state index < -0.39 is 16.3 Å². The molecule has 0 spiro atoms. The molecular formula is C13H9NO6. The summed E-state index contributed by atoms with van der Waals surface area (Å²) in [6.45, 7) is 1.16. The molecule has 0 aliphatic rings. The van der Waals surface area contributed by atoms with Gasteiger partial charge in [-0.1, -0.05) is 12.1 Å². The van der Waals surface area contributed by atoms with Crippen LogP contribution in [0.5, 0.6) is 5.75 Å². The van der Waals surface area contributed by atoms with Crippen LogP contribution in [0.2, 0.25) is 0 Å². The summed E-state index contributed by atoms with van der Waals surface area (Å²) < 4.78 is 9.81. The van der Waals surface area contributed by atoms with Crippen molar-refractivity contribution in [3.8, 4) is 17.1 Å². The van der Waals surface area contributed by atoms with Crippen LogP contribution in [0, 0.1) is 10.1 Å². The quantitative estimate of drug-likeness (QED) is 0.483. The lowest BCUT2D eigenvalue weighted by atomic mass is 10.1. The van der Waals surface area contributed by atoms with Crippen molar-refractivity contribution in [1.82, 2.24) is 0 Å². The number of hydrogen-bond donors (Lipinski definition) is 0. The SMILES string of the molecule is CC(=O)Oc1coc(-c2cccc([N+](=O)[O-])c2)cc1=O. The van der Waals surface area contributed by atoms with Crippen LogP contribution in [0.3, 0.4) is 0 Å². The highest BCUT2D eigenvalue weighted by Gasteiger charge is 2.11. The highest BCUT2D eigenvalue weighted by atomic mass is 16.6. The van der Waals surface area contributed by atoms with Gasteiger partial charge in [0.15, 0.2) is 0 Å². The second-order valence-electron chi connectivity index (χ2n) is 3.87. The van der Waals surface area contributed by atoms with E-state index >= 15 is 0 Å². The van der Waals surface area contributed by atoms with E-state index in [1.165, 1.54) is 18.2 Å². The minimum atomic E-state index is -0.639. The van der Waals surface area contributed by atoms with E-state index in [1.807, 2.05) is 0 Å². The molecule has 0 aliphatic carbocycles. The maximum absolute atomic E-state index is 11.7. The zero-order chi connectivity index (χ0) is 14.7. The highest BCUT2D eigenvalue weighted by molar-refractivity contribution is 5.69.